The van der Waals surface area contributed by atoms with Crippen LogP contribution in [0.15, 0.2) is 109 Å². The van der Waals surface area contributed by atoms with Gasteiger partial charge in [0.1, 0.15) is 0 Å². The van der Waals surface area contributed by atoms with Gasteiger partial charge in [0.15, 0.2) is 0 Å². The Morgan fingerprint density at radius 1 is 0.500 bits per heavy atom. The van der Waals surface area contributed by atoms with Crippen molar-refractivity contribution in [3.05, 3.63) is 146 Å². The third-order valence-electron chi connectivity index (χ3n) is 6.52. The fourth-order valence-electron chi connectivity index (χ4n) is 4.74. The maximum atomic E-state index is 3.06. The van der Waals surface area contributed by atoms with Crippen LogP contribution in [-0.2, 0) is 23.3 Å². The van der Waals surface area contributed by atoms with Crippen LogP contribution in [0.25, 0.3) is 43.8 Å². The van der Waals surface area contributed by atoms with E-state index in [1.165, 1.54) is 89.4 Å². The van der Waals surface area contributed by atoms with Crippen molar-refractivity contribution < 1.29 is 23.3 Å². The molecule has 2 heteroatoms. The number of hydrogen-bond donors (Lipinski definition) is 0. The molecule has 0 nitrogen and oxygen atoms in total. The molecule has 0 saturated heterocycles. The van der Waals surface area contributed by atoms with E-state index in [9.17, 15) is 0 Å². The zero-order valence-electron chi connectivity index (χ0n) is 23.4. The fraction of sp³-hybridized carbons (Fsp3) is 0.111. The molecule has 0 saturated carbocycles. The molecule has 6 aromatic rings. The summed E-state index contributed by atoms with van der Waals surface area (Å²) < 4.78 is 0. The Morgan fingerprint density at radius 3 is 1.18 bits per heavy atom. The first kappa shape index (κ1) is 31.4. The van der Waals surface area contributed by atoms with Gasteiger partial charge < -0.3 is 14.9 Å². The standard InChI is InChI=1S/2C17H15.2CH3.Si.Zr/c2*1-12-6-8-14(9-7-12)16-5-3-4-15-10-13(2)11-17(15)16;;;;/h2*3-11H,1-2H3;2*1H3;;/q4*-1;;. The van der Waals surface area contributed by atoms with E-state index < -0.39 is 0 Å². The first-order valence-electron chi connectivity index (χ1n) is 12.2. The predicted molar refractivity (Wildman–Crippen MR) is 167 cm³/mol. The van der Waals surface area contributed by atoms with Gasteiger partial charge in [-0.15, -0.1) is 69.1 Å². The van der Waals surface area contributed by atoms with Gasteiger partial charge in [0.05, 0.1) is 0 Å². The van der Waals surface area contributed by atoms with Crippen LogP contribution in [-0.4, -0.2) is 6.88 Å². The molecule has 0 aromatic heterocycles. The molecule has 6 aromatic carbocycles. The molecule has 2 radical (unpaired) electrons. The van der Waals surface area contributed by atoms with Crippen LogP contribution in [0.3, 0.4) is 0 Å². The van der Waals surface area contributed by atoms with Crippen molar-refractivity contribution in [1.29, 1.82) is 0 Å². The van der Waals surface area contributed by atoms with Gasteiger partial charge in [-0.1, -0.05) is 96.8 Å². The van der Waals surface area contributed by atoms with E-state index in [-0.39, 0.29) is 14.9 Å². The fourth-order valence-corrected chi connectivity index (χ4v) is 4.74. The molecular weight excluding hydrogens is 552 g/mol. The van der Waals surface area contributed by atoms with Crippen molar-refractivity contribution in [2.45, 2.75) is 27.7 Å². The van der Waals surface area contributed by atoms with Gasteiger partial charge in [0.25, 0.3) is 0 Å². The third kappa shape index (κ3) is 7.19. The first-order chi connectivity index (χ1) is 17.5. The van der Waals surface area contributed by atoms with E-state index in [1.807, 2.05) is 0 Å². The predicted octanol–water partition coefficient (Wildman–Crippen LogP) is 10.2. The summed E-state index contributed by atoms with van der Waals surface area (Å²) >= 11 is 1.36. The van der Waals surface area contributed by atoms with Gasteiger partial charge in [-0.05, 0) is 25.0 Å². The average molecular weight is 588 g/mol. The van der Waals surface area contributed by atoms with Crippen molar-refractivity contribution >= 4 is 28.4 Å². The molecule has 0 unspecified atom stereocenters. The number of benzene rings is 4. The maximum absolute atomic E-state index is 3.06. The van der Waals surface area contributed by atoms with Gasteiger partial charge >= 0.3 is 30.2 Å². The number of fused-ring (bicyclic) bond motifs is 2. The molecule has 0 aliphatic rings. The quantitative estimate of drug-likeness (QED) is 0.140. The van der Waals surface area contributed by atoms with Crippen LogP contribution >= 0.6 is 0 Å². The SMILES string of the molecule is Cc1ccc(-c2cccc3[cH-]c(C)cc23)cc1.Cc1ccc(-c2cccc3[cH-]c(C)cc23)cc1.[CH3-].[CH3-].[Si]=[Zr]. The molecule has 0 amide bonds. The van der Waals surface area contributed by atoms with Gasteiger partial charge in [0.2, 0.25) is 0 Å². The van der Waals surface area contributed by atoms with Crippen molar-refractivity contribution in [3.8, 4) is 22.3 Å². The molecule has 192 valence electrons. The monoisotopic (exact) mass is 586 g/mol. The number of aryl methyl sites for hydroxylation is 4. The Morgan fingerprint density at radius 2 is 0.842 bits per heavy atom. The molecule has 0 N–H and O–H groups in total. The normalized spacial score (nSPS) is 9.87. The first-order valence-corrected chi connectivity index (χ1v) is 16.4. The molecule has 0 atom stereocenters. The average Bonchev–Trinajstić information content (AvgIpc) is 3.47. The van der Waals surface area contributed by atoms with Crippen LogP contribution in [0, 0.1) is 42.5 Å². The molecule has 0 fully saturated rings. The summed E-state index contributed by atoms with van der Waals surface area (Å²) in [5.41, 5.74) is 10.5. The summed E-state index contributed by atoms with van der Waals surface area (Å²) in [5, 5.41) is 5.38. The van der Waals surface area contributed by atoms with Crippen molar-refractivity contribution in [1.82, 2.24) is 0 Å². The van der Waals surface area contributed by atoms with Gasteiger partial charge in [-0.3, -0.25) is 0 Å². The molecule has 0 heterocycles. The topological polar surface area (TPSA) is 0 Å². The summed E-state index contributed by atoms with van der Waals surface area (Å²) in [6.45, 7) is 11.6. The summed E-state index contributed by atoms with van der Waals surface area (Å²) in [6.07, 6.45) is 0. The molecule has 0 aliphatic heterocycles. The zero-order valence-corrected chi connectivity index (χ0v) is 26.9. The zero-order chi connectivity index (χ0) is 25.7. The Labute approximate surface area is 246 Å². The summed E-state index contributed by atoms with van der Waals surface area (Å²) in [5.74, 6) is 0. The van der Waals surface area contributed by atoms with Gasteiger partial charge in [-0.25, -0.2) is 0 Å². The van der Waals surface area contributed by atoms with E-state index in [4.69, 9.17) is 0 Å². The van der Waals surface area contributed by atoms with Crippen LogP contribution in [0.2, 0.25) is 0 Å². The second-order valence-electron chi connectivity index (χ2n) is 9.41. The van der Waals surface area contributed by atoms with Crippen LogP contribution < -0.4 is 0 Å². The summed E-state index contributed by atoms with van der Waals surface area (Å²) in [6, 6.07) is 39.5. The van der Waals surface area contributed by atoms with Crippen molar-refractivity contribution in [3.63, 3.8) is 0 Å². The summed E-state index contributed by atoms with van der Waals surface area (Å²) in [4.78, 5) is 0. The summed E-state index contributed by atoms with van der Waals surface area (Å²) in [7, 11) is 0. The van der Waals surface area contributed by atoms with Crippen LogP contribution in [0.1, 0.15) is 22.3 Å². The van der Waals surface area contributed by atoms with E-state index in [0.717, 1.165) is 0 Å². The minimum atomic E-state index is 0. The Bertz CT molecular complexity index is 1460. The third-order valence-corrected chi connectivity index (χ3v) is 6.52. The van der Waals surface area contributed by atoms with Crippen molar-refractivity contribution in [2.24, 2.45) is 0 Å². The van der Waals surface area contributed by atoms with Crippen molar-refractivity contribution in [2.75, 3.05) is 0 Å². The second kappa shape index (κ2) is 14.4. The molecule has 0 aliphatic carbocycles. The molecule has 38 heavy (non-hydrogen) atoms. The second-order valence-corrected chi connectivity index (χ2v) is 9.41. The molecular formula is C36H36SiZr-4. The molecule has 6 rings (SSSR count). The Hall–Kier alpha value is -2.80. The Kier molecular flexibility index (Phi) is 11.9. The molecule has 0 bridgehead atoms. The van der Waals surface area contributed by atoms with Crippen LogP contribution in [0.4, 0.5) is 0 Å². The number of rotatable bonds is 2. The van der Waals surface area contributed by atoms with E-state index >= 15 is 0 Å². The van der Waals surface area contributed by atoms with Gasteiger partial charge in [-0.2, -0.15) is 12.1 Å². The van der Waals surface area contributed by atoms with Crippen LogP contribution in [0.5, 0.6) is 0 Å². The minimum absolute atomic E-state index is 0. The Balaban J connectivity index is 0.000000239. The molecule has 0 spiro atoms. The van der Waals surface area contributed by atoms with E-state index in [2.05, 4.69) is 144 Å². The van der Waals surface area contributed by atoms with Gasteiger partial charge in [0, 0.05) is 0 Å². The number of hydrogen-bond acceptors (Lipinski definition) is 0. The van der Waals surface area contributed by atoms with E-state index in [0.29, 0.717) is 0 Å². The van der Waals surface area contributed by atoms with E-state index in [1.54, 1.807) is 0 Å².